The highest BCUT2D eigenvalue weighted by molar-refractivity contribution is 6.30. The van der Waals surface area contributed by atoms with Crippen LogP contribution in [0.5, 0.6) is 0 Å². The molecule has 2 N–H and O–H groups in total. The molecule has 1 aliphatic heterocycles. The van der Waals surface area contributed by atoms with Gasteiger partial charge in [0.2, 0.25) is 0 Å². The van der Waals surface area contributed by atoms with E-state index in [-0.39, 0.29) is 5.97 Å². The lowest BCUT2D eigenvalue weighted by Crippen LogP contribution is -2.34. The number of para-hydroxylation sites is 1. The Morgan fingerprint density at radius 3 is 2.90 bits per heavy atom. The zero-order valence-electron chi connectivity index (χ0n) is 16.0. The maximum Gasteiger partial charge on any atom is 0.354 e. The van der Waals surface area contributed by atoms with Crippen LogP contribution in [0.3, 0.4) is 0 Å². The van der Waals surface area contributed by atoms with Gasteiger partial charge in [-0.25, -0.2) is 4.79 Å². The second kappa shape index (κ2) is 5.45. The molecular formula is C23H18ClN3O2. The zero-order valence-corrected chi connectivity index (χ0v) is 16.7. The molecule has 29 heavy (non-hydrogen) atoms. The van der Waals surface area contributed by atoms with Crippen molar-refractivity contribution in [2.75, 3.05) is 25.6 Å². The number of ether oxygens (including phenoxy) is 1. The number of nitrogens with zero attached hydrogens (tertiary/aromatic N) is 1. The predicted octanol–water partition coefficient (Wildman–Crippen LogP) is 4.70. The van der Waals surface area contributed by atoms with E-state index in [2.05, 4.69) is 40.1 Å². The summed E-state index contributed by atoms with van der Waals surface area (Å²) >= 11 is 6.44. The molecular weight excluding hydrogens is 386 g/mol. The summed E-state index contributed by atoms with van der Waals surface area (Å²) in [6.07, 6.45) is 1.93. The van der Waals surface area contributed by atoms with Crippen LogP contribution >= 0.6 is 11.6 Å². The van der Waals surface area contributed by atoms with Gasteiger partial charge in [-0.05, 0) is 29.8 Å². The van der Waals surface area contributed by atoms with E-state index in [4.69, 9.17) is 16.3 Å². The number of anilines is 1. The third-order valence-electron chi connectivity index (χ3n) is 6.40. The number of hydrogen-bond acceptors (Lipinski definition) is 3. The highest BCUT2D eigenvalue weighted by Crippen LogP contribution is 2.60. The Hall–Kier alpha value is -3.18. The molecule has 0 radical (unpaired) electrons. The molecule has 0 saturated heterocycles. The van der Waals surface area contributed by atoms with Crippen LogP contribution < -0.4 is 4.90 Å². The maximum absolute atomic E-state index is 12.7. The molecule has 0 amide bonds. The molecule has 2 aromatic carbocycles. The fraction of sp³-hybridized carbons (Fsp3) is 0.174. The summed E-state index contributed by atoms with van der Waals surface area (Å²) in [5.74, 6) is -0.363. The van der Waals surface area contributed by atoms with Crippen molar-refractivity contribution in [3.8, 4) is 11.1 Å². The van der Waals surface area contributed by atoms with Crippen LogP contribution in [0.2, 0.25) is 5.02 Å². The SMILES string of the molecule is COC(=O)c1[nH]cc2c1[C@]1(CN(C)c3ccc(Cl)cc31)c1[nH]c3ccccc3c1-2. The summed E-state index contributed by atoms with van der Waals surface area (Å²) in [7, 11) is 3.49. The topological polar surface area (TPSA) is 61.1 Å². The van der Waals surface area contributed by atoms with Crippen LogP contribution in [0.1, 0.15) is 27.3 Å². The largest absolute Gasteiger partial charge is 0.464 e. The van der Waals surface area contributed by atoms with Gasteiger partial charge in [-0.3, -0.25) is 0 Å². The number of methoxy groups -OCH3 is 1. The van der Waals surface area contributed by atoms with E-state index >= 15 is 0 Å². The second-order valence-electron chi connectivity index (χ2n) is 7.79. The van der Waals surface area contributed by atoms with E-state index in [1.165, 1.54) is 7.11 Å². The van der Waals surface area contributed by atoms with E-state index in [0.29, 0.717) is 17.3 Å². The first-order valence-electron chi connectivity index (χ1n) is 9.49. The molecule has 3 heterocycles. The monoisotopic (exact) mass is 403 g/mol. The standard InChI is InChI=1S/C23H18ClN3O2/c1-27-11-23(15-9-12(24)7-8-17(15)27)19-14(10-25-20(19)22(28)29-2)18-13-5-3-4-6-16(13)26-21(18)23/h3-10,25-26H,11H2,1-2H3/t23-/m1/s1. The molecule has 6 heteroatoms. The van der Waals surface area contributed by atoms with Crippen molar-refractivity contribution in [3.63, 3.8) is 0 Å². The number of hydrogen-bond donors (Lipinski definition) is 2. The summed E-state index contributed by atoms with van der Waals surface area (Å²) in [5, 5.41) is 1.83. The summed E-state index contributed by atoms with van der Waals surface area (Å²) in [6.45, 7) is 0.706. The molecule has 0 saturated carbocycles. The Morgan fingerprint density at radius 2 is 2.07 bits per heavy atom. The number of fused-ring (bicyclic) bond motifs is 9. The lowest BCUT2D eigenvalue weighted by Gasteiger charge is -2.27. The Labute approximate surface area is 172 Å². The minimum absolute atomic E-state index is 0.363. The van der Waals surface area contributed by atoms with E-state index < -0.39 is 5.41 Å². The maximum atomic E-state index is 12.7. The third kappa shape index (κ3) is 1.88. The minimum Gasteiger partial charge on any atom is -0.464 e. The van der Waals surface area contributed by atoms with Gasteiger partial charge in [0, 0.05) is 63.8 Å². The molecule has 0 unspecified atom stereocenters. The molecule has 6 rings (SSSR count). The molecule has 0 bridgehead atoms. The van der Waals surface area contributed by atoms with Gasteiger partial charge in [0.05, 0.1) is 12.5 Å². The summed E-state index contributed by atoms with van der Waals surface area (Å²) in [5.41, 5.74) is 7.52. The quantitative estimate of drug-likeness (QED) is 0.453. The van der Waals surface area contributed by atoms with Crippen molar-refractivity contribution in [2.45, 2.75) is 5.41 Å². The molecule has 4 aromatic rings. The zero-order chi connectivity index (χ0) is 19.9. The summed E-state index contributed by atoms with van der Waals surface area (Å²) in [4.78, 5) is 21.8. The molecule has 5 nitrogen and oxygen atoms in total. The number of esters is 1. The Morgan fingerprint density at radius 1 is 1.24 bits per heavy atom. The molecule has 144 valence electrons. The van der Waals surface area contributed by atoms with E-state index in [1.807, 2.05) is 30.5 Å². The second-order valence-corrected chi connectivity index (χ2v) is 8.22. The first-order valence-corrected chi connectivity index (χ1v) is 9.87. The number of likely N-dealkylation sites (N-methyl/N-ethyl adjacent to an activating group) is 1. The van der Waals surface area contributed by atoms with Gasteiger partial charge in [0.1, 0.15) is 5.69 Å². The number of carbonyl (C=O) groups excluding carboxylic acids is 1. The van der Waals surface area contributed by atoms with Crippen LogP contribution in [-0.2, 0) is 10.2 Å². The van der Waals surface area contributed by atoms with Crippen molar-refractivity contribution >= 4 is 34.2 Å². The van der Waals surface area contributed by atoms with Crippen LogP contribution in [0.15, 0.2) is 48.7 Å². The Balaban J connectivity index is 1.79. The fourth-order valence-corrected chi connectivity index (χ4v) is 5.50. The van der Waals surface area contributed by atoms with Crippen LogP contribution in [0.4, 0.5) is 5.69 Å². The number of carbonyl (C=O) groups is 1. The van der Waals surface area contributed by atoms with Crippen molar-refractivity contribution in [1.82, 2.24) is 9.97 Å². The molecule has 0 fully saturated rings. The molecule has 1 aliphatic carbocycles. The van der Waals surface area contributed by atoms with Gasteiger partial charge in [-0.2, -0.15) is 0 Å². The van der Waals surface area contributed by atoms with Gasteiger partial charge in [0.25, 0.3) is 0 Å². The molecule has 1 spiro atoms. The van der Waals surface area contributed by atoms with E-state index in [9.17, 15) is 4.79 Å². The fourth-order valence-electron chi connectivity index (χ4n) is 5.33. The van der Waals surface area contributed by atoms with E-state index in [0.717, 1.165) is 44.5 Å². The average Bonchev–Trinajstić information content (AvgIpc) is 3.43. The van der Waals surface area contributed by atoms with Gasteiger partial charge in [-0.1, -0.05) is 29.8 Å². The van der Waals surface area contributed by atoms with Crippen LogP contribution in [0, 0.1) is 0 Å². The minimum atomic E-state index is -0.526. The van der Waals surface area contributed by atoms with Gasteiger partial charge < -0.3 is 19.6 Å². The number of aromatic nitrogens is 2. The van der Waals surface area contributed by atoms with Gasteiger partial charge in [0.15, 0.2) is 0 Å². The highest BCUT2D eigenvalue weighted by atomic mass is 35.5. The molecule has 2 aromatic heterocycles. The normalized spacial score (nSPS) is 18.9. The molecule has 2 aliphatic rings. The number of H-pyrrole nitrogens is 2. The first-order chi connectivity index (χ1) is 14.1. The van der Waals surface area contributed by atoms with Crippen LogP contribution in [0.25, 0.3) is 22.0 Å². The number of aromatic amines is 2. The smallest absolute Gasteiger partial charge is 0.354 e. The predicted molar refractivity (Wildman–Crippen MR) is 114 cm³/mol. The average molecular weight is 404 g/mol. The Kier molecular flexibility index (Phi) is 3.15. The van der Waals surface area contributed by atoms with Gasteiger partial charge >= 0.3 is 5.97 Å². The molecule has 1 atom stereocenters. The number of rotatable bonds is 1. The lowest BCUT2D eigenvalue weighted by atomic mass is 9.76. The lowest BCUT2D eigenvalue weighted by molar-refractivity contribution is 0.0592. The Bertz CT molecular complexity index is 1340. The van der Waals surface area contributed by atoms with Crippen LogP contribution in [-0.4, -0.2) is 36.6 Å². The summed E-state index contributed by atoms with van der Waals surface area (Å²) < 4.78 is 5.10. The number of halogens is 1. The van der Waals surface area contributed by atoms with Crippen molar-refractivity contribution < 1.29 is 9.53 Å². The van der Waals surface area contributed by atoms with Gasteiger partial charge in [-0.15, -0.1) is 0 Å². The van der Waals surface area contributed by atoms with Crippen molar-refractivity contribution in [1.29, 1.82) is 0 Å². The van der Waals surface area contributed by atoms with Crippen molar-refractivity contribution in [2.24, 2.45) is 0 Å². The number of nitrogens with one attached hydrogen (secondary N) is 2. The first kappa shape index (κ1) is 16.7. The summed E-state index contributed by atoms with van der Waals surface area (Å²) in [6, 6.07) is 14.3. The number of benzene rings is 2. The highest BCUT2D eigenvalue weighted by Gasteiger charge is 2.55. The van der Waals surface area contributed by atoms with Crippen molar-refractivity contribution in [3.05, 3.63) is 76.2 Å². The third-order valence-corrected chi connectivity index (χ3v) is 6.64. The van der Waals surface area contributed by atoms with E-state index in [1.54, 1.807) is 0 Å².